The van der Waals surface area contributed by atoms with Crippen LogP contribution in [-0.2, 0) is 16.1 Å². The van der Waals surface area contributed by atoms with Crippen LogP contribution in [0.1, 0.15) is 5.56 Å². The van der Waals surface area contributed by atoms with Crippen LogP contribution < -0.4 is 9.47 Å². The SMILES string of the molecule is COc1ccc(COC2CN(C(=O)COc3ccccc3)C2)cc1F. The van der Waals surface area contributed by atoms with Crippen molar-refractivity contribution in [1.29, 1.82) is 0 Å². The van der Waals surface area contributed by atoms with Gasteiger partial charge in [-0.2, -0.15) is 0 Å². The minimum absolute atomic E-state index is 0.0143. The number of halogens is 1. The van der Waals surface area contributed by atoms with Crippen LogP contribution in [0.5, 0.6) is 11.5 Å². The van der Waals surface area contributed by atoms with Gasteiger partial charge in [-0.15, -0.1) is 0 Å². The number of benzene rings is 2. The smallest absolute Gasteiger partial charge is 0.260 e. The van der Waals surface area contributed by atoms with Crippen LogP contribution in [0.2, 0.25) is 0 Å². The van der Waals surface area contributed by atoms with E-state index < -0.39 is 5.82 Å². The van der Waals surface area contributed by atoms with E-state index in [1.807, 2.05) is 30.3 Å². The van der Waals surface area contributed by atoms with E-state index >= 15 is 0 Å². The molecule has 132 valence electrons. The molecule has 2 aromatic rings. The summed E-state index contributed by atoms with van der Waals surface area (Å²) in [6.07, 6.45) is -0.0363. The summed E-state index contributed by atoms with van der Waals surface area (Å²) in [6, 6.07) is 14.0. The predicted octanol–water partition coefficient (Wildman–Crippen LogP) is 2.64. The average Bonchev–Trinajstić information content (AvgIpc) is 2.59. The maximum Gasteiger partial charge on any atom is 0.260 e. The lowest BCUT2D eigenvalue weighted by Gasteiger charge is -2.38. The molecule has 5 nitrogen and oxygen atoms in total. The molecule has 25 heavy (non-hydrogen) atoms. The molecule has 0 saturated carbocycles. The van der Waals surface area contributed by atoms with E-state index in [1.54, 1.807) is 17.0 Å². The zero-order valence-electron chi connectivity index (χ0n) is 14.0. The number of hydrogen-bond donors (Lipinski definition) is 0. The quantitative estimate of drug-likeness (QED) is 0.774. The van der Waals surface area contributed by atoms with E-state index in [9.17, 15) is 9.18 Å². The van der Waals surface area contributed by atoms with Crippen molar-refractivity contribution in [2.24, 2.45) is 0 Å². The third-order valence-electron chi connectivity index (χ3n) is 4.01. The summed E-state index contributed by atoms with van der Waals surface area (Å²) < 4.78 is 29.6. The molecule has 0 bridgehead atoms. The minimum atomic E-state index is -0.410. The van der Waals surface area contributed by atoms with Crippen LogP contribution in [0.4, 0.5) is 4.39 Å². The zero-order valence-corrected chi connectivity index (χ0v) is 14.0. The number of hydrogen-bond acceptors (Lipinski definition) is 4. The number of likely N-dealkylation sites (tertiary alicyclic amines) is 1. The van der Waals surface area contributed by atoms with Crippen molar-refractivity contribution in [3.63, 3.8) is 0 Å². The Hall–Kier alpha value is -2.60. The summed E-state index contributed by atoms with van der Waals surface area (Å²) >= 11 is 0. The number of nitrogens with zero attached hydrogens (tertiary/aromatic N) is 1. The van der Waals surface area contributed by atoms with Crippen LogP contribution in [0.3, 0.4) is 0 Å². The summed E-state index contributed by atoms with van der Waals surface area (Å²) in [6.45, 7) is 1.36. The van der Waals surface area contributed by atoms with Crippen molar-refractivity contribution in [3.05, 3.63) is 59.9 Å². The Morgan fingerprint density at radius 3 is 2.64 bits per heavy atom. The molecule has 0 aromatic heterocycles. The van der Waals surface area contributed by atoms with Gasteiger partial charge in [0, 0.05) is 13.1 Å². The fourth-order valence-electron chi connectivity index (χ4n) is 2.51. The van der Waals surface area contributed by atoms with Gasteiger partial charge in [0.25, 0.3) is 5.91 Å². The van der Waals surface area contributed by atoms with E-state index in [1.165, 1.54) is 13.2 Å². The number of ether oxygens (including phenoxy) is 3. The van der Waals surface area contributed by atoms with Gasteiger partial charge in [0.1, 0.15) is 5.75 Å². The van der Waals surface area contributed by atoms with Gasteiger partial charge in [-0.3, -0.25) is 4.79 Å². The van der Waals surface area contributed by atoms with Crippen LogP contribution in [0.15, 0.2) is 48.5 Å². The summed E-state index contributed by atoms with van der Waals surface area (Å²) in [7, 11) is 1.43. The second kappa shape index (κ2) is 7.98. The number of amides is 1. The molecular weight excluding hydrogens is 325 g/mol. The third kappa shape index (κ3) is 4.48. The molecule has 1 amide bonds. The van der Waals surface area contributed by atoms with Crippen LogP contribution >= 0.6 is 0 Å². The van der Waals surface area contributed by atoms with Crippen molar-refractivity contribution < 1.29 is 23.4 Å². The van der Waals surface area contributed by atoms with Gasteiger partial charge < -0.3 is 19.1 Å². The highest BCUT2D eigenvalue weighted by atomic mass is 19.1. The Morgan fingerprint density at radius 1 is 1.20 bits per heavy atom. The molecule has 1 saturated heterocycles. The molecule has 0 aliphatic carbocycles. The molecule has 0 spiro atoms. The number of rotatable bonds is 7. The first-order valence-corrected chi connectivity index (χ1v) is 8.05. The molecule has 0 N–H and O–H groups in total. The highest BCUT2D eigenvalue weighted by molar-refractivity contribution is 5.78. The molecule has 2 aromatic carbocycles. The number of para-hydroxylation sites is 1. The lowest BCUT2D eigenvalue weighted by atomic mass is 10.1. The Balaban J connectivity index is 1.37. The second-order valence-electron chi connectivity index (χ2n) is 5.80. The maximum absolute atomic E-state index is 13.6. The number of carbonyl (C=O) groups is 1. The highest BCUT2D eigenvalue weighted by Gasteiger charge is 2.31. The predicted molar refractivity (Wildman–Crippen MR) is 90.0 cm³/mol. The fourth-order valence-corrected chi connectivity index (χ4v) is 2.51. The summed E-state index contributed by atoms with van der Waals surface area (Å²) in [5.41, 5.74) is 0.732. The monoisotopic (exact) mass is 345 g/mol. The van der Waals surface area contributed by atoms with Crippen molar-refractivity contribution in [2.75, 3.05) is 26.8 Å². The van der Waals surface area contributed by atoms with E-state index in [-0.39, 0.29) is 24.4 Å². The van der Waals surface area contributed by atoms with Crippen molar-refractivity contribution in [1.82, 2.24) is 4.90 Å². The minimum Gasteiger partial charge on any atom is -0.494 e. The molecule has 1 fully saturated rings. The molecule has 0 radical (unpaired) electrons. The molecule has 6 heteroatoms. The van der Waals surface area contributed by atoms with Crippen LogP contribution in [0, 0.1) is 5.82 Å². The van der Waals surface area contributed by atoms with E-state index in [0.717, 1.165) is 5.56 Å². The normalized spacial score (nSPS) is 14.1. The van der Waals surface area contributed by atoms with Crippen molar-refractivity contribution >= 4 is 5.91 Å². The van der Waals surface area contributed by atoms with Gasteiger partial charge in [-0.1, -0.05) is 24.3 Å². The summed E-state index contributed by atoms with van der Waals surface area (Å²) in [5.74, 6) is 0.402. The lowest BCUT2D eigenvalue weighted by molar-refractivity contribution is -0.148. The Morgan fingerprint density at radius 2 is 1.96 bits per heavy atom. The first-order chi connectivity index (χ1) is 12.2. The topological polar surface area (TPSA) is 48.0 Å². The molecule has 1 aliphatic heterocycles. The zero-order chi connectivity index (χ0) is 17.6. The van der Waals surface area contributed by atoms with Gasteiger partial charge in [-0.25, -0.2) is 4.39 Å². The van der Waals surface area contributed by atoms with E-state index in [4.69, 9.17) is 14.2 Å². The summed E-state index contributed by atoms with van der Waals surface area (Å²) in [5, 5.41) is 0. The van der Waals surface area contributed by atoms with Gasteiger partial charge in [0.15, 0.2) is 18.2 Å². The lowest BCUT2D eigenvalue weighted by Crippen LogP contribution is -2.55. The van der Waals surface area contributed by atoms with E-state index in [0.29, 0.717) is 25.4 Å². The molecule has 1 heterocycles. The molecule has 1 aliphatic rings. The second-order valence-corrected chi connectivity index (χ2v) is 5.80. The summed E-state index contributed by atoms with van der Waals surface area (Å²) in [4.78, 5) is 13.7. The third-order valence-corrected chi connectivity index (χ3v) is 4.01. The Kier molecular flexibility index (Phi) is 5.50. The average molecular weight is 345 g/mol. The first-order valence-electron chi connectivity index (χ1n) is 8.05. The van der Waals surface area contributed by atoms with Crippen LogP contribution in [0.25, 0.3) is 0 Å². The molecule has 3 rings (SSSR count). The van der Waals surface area contributed by atoms with Gasteiger partial charge >= 0.3 is 0 Å². The maximum atomic E-state index is 13.6. The van der Waals surface area contributed by atoms with Gasteiger partial charge in [0.2, 0.25) is 0 Å². The van der Waals surface area contributed by atoms with E-state index in [2.05, 4.69) is 0 Å². The fraction of sp³-hybridized carbons (Fsp3) is 0.316. The molecule has 0 atom stereocenters. The van der Waals surface area contributed by atoms with Crippen LogP contribution in [-0.4, -0.2) is 43.7 Å². The Labute approximate surface area is 145 Å². The van der Waals surface area contributed by atoms with Gasteiger partial charge in [0.05, 0.1) is 19.8 Å². The number of carbonyl (C=O) groups excluding carboxylic acids is 1. The molecule has 0 unspecified atom stereocenters. The highest BCUT2D eigenvalue weighted by Crippen LogP contribution is 2.20. The standard InChI is InChI=1S/C19H20FNO4/c1-23-18-8-7-14(9-17(18)20)12-24-16-10-21(11-16)19(22)13-25-15-5-3-2-4-6-15/h2-9,16H,10-13H2,1H3. The van der Waals surface area contributed by atoms with Gasteiger partial charge in [-0.05, 0) is 29.8 Å². The Bertz CT molecular complexity index is 717. The number of methoxy groups -OCH3 is 1. The van der Waals surface area contributed by atoms with Crippen molar-refractivity contribution in [2.45, 2.75) is 12.7 Å². The molecular formula is C19H20FNO4. The largest absolute Gasteiger partial charge is 0.494 e. The first kappa shape index (κ1) is 17.2. The van der Waals surface area contributed by atoms with Crippen molar-refractivity contribution in [3.8, 4) is 11.5 Å².